The predicted molar refractivity (Wildman–Crippen MR) is 121 cm³/mol. The molecule has 2 aromatic rings. The van der Waals surface area contributed by atoms with Gasteiger partial charge in [-0.1, -0.05) is 18.2 Å². The molecule has 2 N–H and O–H groups in total. The van der Waals surface area contributed by atoms with Crippen LogP contribution in [0, 0.1) is 17.5 Å². The molecule has 0 bridgehead atoms. The van der Waals surface area contributed by atoms with Crippen molar-refractivity contribution in [3.63, 3.8) is 0 Å². The number of piperidine rings is 1. The summed E-state index contributed by atoms with van der Waals surface area (Å²) in [6, 6.07) is 7.89. The largest absolute Gasteiger partial charge is 0.441 e. The van der Waals surface area contributed by atoms with Gasteiger partial charge < -0.3 is 20.1 Å². The Morgan fingerprint density at radius 2 is 1.71 bits per heavy atom. The Morgan fingerprint density at radius 1 is 1.03 bits per heavy atom. The second-order valence-corrected chi connectivity index (χ2v) is 8.85. The lowest BCUT2D eigenvalue weighted by Gasteiger charge is -2.32. The van der Waals surface area contributed by atoms with Crippen molar-refractivity contribution >= 4 is 12.1 Å². The Kier molecular flexibility index (Phi) is 7.92. The standard InChI is InChI=1S/C25H28F3N3O4/c26-19-5-2-16(3-6-19)17-8-12-30(13-9-17)11-1-10-29-24(33)31-23(22(15-32)35-25(31)34)18-4-7-20(27)21(28)14-18/h2-7,14,17,22-23,32H,1,8-13,15H2,(H,29,33)/t22-,23-/m0/s1. The first kappa shape index (κ1) is 25.0. The van der Waals surface area contributed by atoms with Crippen LogP contribution in [0.15, 0.2) is 42.5 Å². The van der Waals surface area contributed by atoms with Crippen molar-refractivity contribution in [1.82, 2.24) is 15.1 Å². The van der Waals surface area contributed by atoms with E-state index in [1.807, 2.05) is 12.1 Å². The molecule has 2 heterocycles. The van der Waals surface area contributed by atoms with E-state index in [0.717, 1.165) is 55.1 Å². The van der Waals surface area contributed by atoms with Crippen molar-refractivity contribution in [3.8, 4) is 0 Å². The second-order valence-electron chi connectivity index (χ2n) is 8.85. The van der Waals surface area contributed by atoms with Gasteiger partial charge in [0.15, 0.2) is 17.7 Å². The fraction of sp³-hybridized carbons (Fsp3) is 0.440. The maximum atomic E-state index is 13.7. The van der Waals surface area contributed by atoms with Crippen LogP contribution in [0.3, 0.4) is 0 Å². The Hall–Kier alpha value is -3.11. The average molecular weight is 492 g/mol. The number of likely N-dealkylation sites (tertiary alicyclic amines) is 1. The number of urea groups is 1. The lowest BCUT2D eigenvalue weighted by molar-refractivity contribution is 0.0827. The van der Waals surface area contributed by atoms with Gasteiger partial charge in [0.2, 0.25) is 0 Å². The van der Waals surface area contributed by atoms with Crippen LogP contribution in [0.4, 0.5) is 22.8 Å². The van der Waals surface area contributed by atoms with Gasteiger partial charge >= 0.3 is 12.1 Å². The van der Waals surface area contributed by atoms with Crippen LogP contribution in [-0.4, -0.2) is 65.9 Å². The number of nitrogens with one attached hydrogen (secondary N) is 1. The van der Waals surface area contributed by atoms with Crippen LogP contribution in [0.1, 0.15) is 42.3 Å². The van der Waals surface area contributed by atoms with E-state index in [1.54, 1.807) is 0 Å². The number of hydrogen-bond acceptors (Lipinski definition) is 5. The highest BCUT2D eigenvalue weighted by Gasteiger charge is 2.46. The van der Waals surface area contributed by atoms with Crippen LogP contribution in [0.25, 0.3) is 0 Å². The zero-order valence-corrected chi connectivity index (χ0v) is 19.1. The first-order valence-corrected chi connectivity index (χ1v) is 11.7. The Balaban J connectivity index is 1.26. The van der Waals surface area contributed by atoms with E-state index >= 15 is 0 Å². The van der Waals surface area contributed by atoms with Crippen molar-refractivity contribution in [2.75, 3.05) is 32.8 Å². The molecule has 0 unspecified atom stereocenters. The molecule has 7 nitrogen and oxygen atoms in total. The van der Waals surface area contributed by atoms with Crippen molar-refractivity contribution in [1.29, 1.82) is 0 Å². The summed E-state index contributed by atoms with van der Waals surface area (Å²) in [7, 11) is 0. The average Bonchev–Trinajstić information content (AvgIpc) is 3.20. The summed E-state index contributed by atoms with van der Waals surface area (Å²) in [5.74, 6) is -2.02. The molecule has 3 amide bonds. The number of nitrogens with zero attached hydrogens (tertiary/aromatic N) is 2. The van der Waals surface area contributed by atoms with Crippen LogP contribution in [0.2, 0.25) is 0 Å². The van der Waals surface area contributed by atoms with Gasteiger partial charge in [0.1, 0.15) is 11.9 Å². The smallest absolute Gasteiger partial charge is 0.419 e. The van der Waals surface area contributed by atoms with E-state index < -0.39 is 42.5 Å². The Bertz CT molecular complexity index is 1040. The highest BCUT2D eigenvalue weighted by atomic mass is 19.2. The molecule has 2 atom stereocenters. The molecule has 0 saturated carbocycles. The summed E-state index contributed by atoms with van der Waals surface area (Å²) in [6.45, 7) is 2.27. The molecule has 2 aliphatic heterocycles. The van der Waals surface area contributed by atoms with Crippen LogP contribution < -0.4 is 5.32 Å². The van der Waals surface area contributed by atoms with E-state index in [9.17, 15) is 27.9 Å². The van der Waals surface area contributed by atoms with E-state index in [1.165, 1.54) is 18.2 Å². The quantitative estimate of drug-likeness (QED) is 0.574. The van der Waals surface area contributed by atoms with Crippen LogP contribution >= 0.6 is 0 Å². The van der Waals surface area contributed by atoms with Crippen LogP contribution in [-0.2, 0) is 4.74 Å². The molecule has 0 aliphatic carbocycles. The van der Waals surface area contributed by atoms with Gasteiger partial charge in [-0.05, 0) is 80.2 Å². The summed E-state index contributed by atoms with van der Waals surface area (Å²) in [4.78, 5) is 28.1. The fourth-order valence-corrected chi connectivity index (χ4v) is 4.74. The van der Waals surface area contributed by atoms with E-state index in [4.69, 9.17) is 4.74 Å². The monoisotopic (exact) mass is 491 g/mol. The first-order chi connectivity index (χ1) is 16.9. The second kappa shape index (κ2) is 11.1. The molecule has 2 aromatic carbocycles. The number of benzene rings is 2. The molecule has 188 valence electrons. The minimum absolute atomic E-state index is 0.146. The van der Waals surface area contributed by atoms with Gasteiger partial charge in [-0.15, -0.1) is 0 Å². The third-order valence-electron chi connectivity index (χ3n) is 6.62. The number of amides is 3. The highest BCUT2D eigenvalue weighted by molar-refractivity contribution is 5.93. The topological polar surface area (TPSA) is 82.1 Å². The van der Waals surface area contributed by atoms with Gasteiger partial charge in [0, 0.05) is 6.54 Å². The van der Waals surface area contributed by atoms with Crippen molar-refractivity contribution in [3.05, 3.63) is 71.0 Å². The van der Waals surface area contributed by atoms with E-state index in [0.29, 0.717) is 18.9 Å². The number of carbonyl (C=O) groups is 2. The molecule has 2 aliphatic rings. The lowest BCUT2D eigenvalue weighted by atomic mass is 9.89. The summed E-state index contributed by atoms with van der Waals surface area (Å²) >= 11 is 0. The number of rotatable bonds is 7. The van der Waals surface area contributed by atoms with Gasteiger partial charge in [-0.25, -0.2) is 27.7 Å². The van der Waals surface area contributed by atoms with Gasteiger partial charge in [-0.2, -0.15) is 0 Å². The maximum absolute atomic E-state index is 13.7. The number of aliphatic hydroxyl groups is 1. The molecule has 0 radical (unpaired) electrons. The van der Waals surface area contributed by atoms with E-state index in [-0.39, 0.29) is 11.4 Å². The molecule has 35 heavy (non-hydrogen) atoms. The third kappa shape index (κ3) is 5.76. The van der Waals surface area contributed by atoms with Crippen LogP contribution in [0.5, 0.6) is 0 Å². The predicted octanol–water partition coefficient (Wildman–Crippen LogP) is 3.94. The number of carbonyl (C=O) groups excluding carboxylic acids is 2. The molecule has 4 rings (SSSR count). The minimum atomic E-state index is -1.12. The highest BCUT2D eigenvalue weighted by Crippen LogP contribution is 2.34. The number of imide groups is 1. The summed E-state index contributed by atoms with van der Waals surface area (Å²) in [6.07, 6.45) is 0.543. The summed E-state index contributed by atoms with van der Waals surface area (Å²) < 4.78 is 45.3. The summed E-state index contributed by atoms with van der Waals surface area (Å²) in [5, 5.41) is 12.3. The first-order valence-electron chi connectivity index (χ1n) is 11.7. The van der Waals surface area contributed by atoms with Crippen molar-refractivity contribution in [2.24, 2.45) is 0 Å². The molecule has 0 spiro atoms. The number of aliphatic hydroxyl groups excluding tert-OH is 1. The SMILES string of the molecule is O=C(NCCCN1CCC(c2ccc(F)cc2)CC1)N1C(=O)O[C@@H](CO)[C@@H]1c1ccc(F)c(F)c1. The molecular formula is C25H28F3N3O4. The van der Waals surface area contributed by atoms with E-state index in [2.05, 4.69) is 10.2 Å². The number of cyclic esters (lactones) is 1. The Morgan fingerprint density at radius 3 is 2.37 bits per heavy atom. The molecule has 10 heteroatoms. The normalized spacial score (nSPS) is 21.3. The molecule has 2 fully saturated rings. The molecule has 2 saturated heterocycles. The molecule has 0 aromatic heterocycles. The maximum Gasteiger partial charge on any atom is 0.419 e. The van der Waals surface area contributed by atoms with Gasteiger partial charge in [-0.3, -0.25) is 0 Å². The fourth-order valence-electron chi connectivity index (χ4n) is 4.74. The zero-order valence-electron chi connectivity index (χ0n) is 19.1. The van der Waals surface area contributed by atoms with Crippen molar-refractivity contribution < 1.29 is 32.6 Å². The third-order valence-corrected chi connectivity index (χ3v) is 6.62. The number of halogens is 3. The van der Waals surface area contributed by atoms with Gasteiger partial charge in [0.25, 0.3) is 0 Å². The molecular weight excluding hydrogens is 463 g/mol. The summed E-state index contributed by atoms with van der Waals surface area (Å²) in [5.41, 5.74) is 1.29. The lowest BCUT2D eigenvalue weighted by Crippen LogP contribution is -2.44. The van der Waals surface area contributed by atoms with Gasteiger partial charge in [0.05, 0.1) is 6.61 Å². The number of ether oxygens (including phenoxy) is 1. The zero-order chi connectivity index (χ0) is 24.9. The number of hydrogen-bond donors (Lipinski definition) is 2. The van der Waals surface area contributed by atoms with Crippen molar-refractivity contribution in [2.45, 2.75) is 37.3 Å². The Labute approximate surface area is 201 Å². The minimum Gasteiger partial charge on any atom is -0.441 e.